The molecule has 19 heavy (non-hydrogen) atoms. The van der Waals surface area contributed by atoms with Gasteiger partial charge in [0.05, 0.1) is 0 Å². The van der Waals surface area contributed by atoms with E-state index < -0.39 is 5.97 Å². The van der Waals surface area contributed by atoms with Crippen LogP contribution in [0.4, 0.5) is 0 Å². The van der Waals surface area contributed by atoms with Crippen molar-refractivity contribution in [2.45, 2.75) is 25.4 Å². The van der Waals surface area contributed by atoms with Crippen LogP contribution in [0.15, 0.2) is 35.8 Å². The molecular weight excluding hydrogens is 312 g/mol. The van der Waals surface area contributed by atoms with Crippen LogP contribution in [0, 0.1) is 0 Å². The van der Waals surface area contributed by atoms with Crippen LogP contribution in [0.25, 0.3) is 0 Å². The van der Waals surface area contributed by atoms with Gasteiger partial charge in [-0.25, -0.2) is 4.79 Å². The Morgan fingerprint density at radius 1 is 1.11 bits per heavy atom. The Morgan fingerprint density at radius 2 is 1.84 bits per heavy atom. The van der Waals surface area contributed by atoms with Crippen LogP contribution in [0.5, 0.6) is 11.5 Å². The van der Waals surface area contributed by atoms with E-state index in [1.807, 2.05) is 18.2 Å². The van der Waals surface area contributed by atoms with Crippen molar-refractivity contribution in [1.29, 1.82) is 0 Å². The molecule has 0 saturated carbocycles. The van der Waals surface area contributed by atoms with Gasteiger partial charge in [-0.15, -0.1) is 0 Å². The number of alkyl halides is 1. The number of carbonyl (C=O) groups is 1. The van der Waals surface area contributed by atoms with E-state index in [9.17, 15) is 4.79 Å². The molecule has 1 unspecified atom stereocenters. The van der Waals surface area contributed by atoms with Crippen LogP contribution in [-0.4, -0.2) is 17.4 Å². The SMILES string of the molecule is O=C1OC(CCCCBr)C2=C1Oc1ccccc1O2. The lowest BCUT2D eigenvalue weighted by molar-refractivity contribution is -0.142. The summed E-state index contributed by atoms with van der Waals surface area (Å²) in [7, 11) is 0. The molecule has 2 heterocycles. The van der Waals surface area contributed by atoms with Gasteiger partial charge in [0.25, 0.3) is 5.76 Å². The fraction of sp³-hybridized carbons (Fsp3) is 0.357. The molecule has 0 aromatic heterocycles. The number of cyclic esters (lactones) is 1. The van der Waals surface area contributed by atoms with Crippen molar-refractivity contribution in [1.82, 2.24) is 0 Å². The quantitative estimate of drug-likeness (QED) is 0.485. The average molecular weight is 325 g/mol. The molecule has 0 saturated heterocycles. The fourth-order valence-electron chi connectivity index (χ4n) is 2.15. The summed E-state index contributed by atoms with van der Waals surface area (Å²) in [4.78, 5) is 11.8. The number of rotatable bonds is 4. The largest absolute Gasteiger partial charge is 0.450 e. The molecule has 0 spiro atoms. The van der Waals surface area contributed by atoms with Crippen molar-refractivity contribution in [3.05, 3.63) is 35.8 Å². The van der Waals surface area contributed by atoms with Gasteiger partial charge in [0.15, 0.2) is 23.4 Å². The number of hydrogen-bond acceptors (Lipinski definition) is 4. The van der Waals surface area contributed by atoms with Gasteiger partial charge in [0.1, 0.15) is 0 Å². The summed E-state index contributed by atoms with van der Waals surface area (Å²) >= 11 is 3.39. The van der Waals surface area contributed by atoms with Gasteiger partial charge in [-0.05, 0) is 31.4 Å². The zero-order chi connectivity index (χ0) is 13.2. The fourth-order valence-corrected chi connectivity index (χ4v) is 2.55. The van der Waals surface area contributed by atoms with Gasteiger partial charge in [0, 0.05) is 5.33 Å². The highest BCUT2D eigenvalue weighted by atomic mass is 79.9. The van der Waals surface area contributed by atoms with Crippen LogP contribution in [-0.2, 0) is 9.53 Å². The first-order valence-electron chi connectivity index (χ1n) is 6.25. The van der Waals surface area contributed by atoms with Crippen LogP contribution in [0.2, 0.25) is 0 Å². The topological polar surface area (TPSA) is 44.8 Å². The molecule has 4 nitrogen and oxygen atoms in total. The third kappa shape index (κ3) is 2.34. The summed E-state index contributed by atoms with van der Waals surface area (Å²) in [5.74, 6) is 1.46. The highest BCUT2D eigenvalue weighted by Gasteiger charge is 2.41. The molecule has 5 heteroatoms. The monoisotopic (exact) mass is 324 g/mol. The van der Waals surface area contributed by atoms with Crippen LogP contribution in [0.1, 0.15) is 19.3 Å². The van der Waals surface area contributed by atoms with E-state index in [1.165, 1.54) is 0 Å². The number of esters is 1. The van der Waals surface area contributed by atoms with Gasteiger partial charge in [0.2, 0.25) is 0 Å². The number of carbonyl (C=O) groups excluding carboxylic acids is 1. The van der Waals surface area contributed by atoms with Gasteiger partial charge < -0.3 is 14.2 Å². The van der Waals surface area contributed by atoms with Gasteiger partial charge >= 0.3 is 5.97 Å². The summed E-state index contributed by atoms with van der Waals surface area (Å²) in [6, 6.07) is 7.29. The molecule has 1 aromatic rings. The van der Waals surface area contributed by atoms with Crippen molar-refractivity contribution in [3.8, 4) is 11.5 Å². The predicted molar refractivity (Wildman–Crippen MR) is 72.2 cm³/mol. The molecular formula is C14H13BrO4. The number of unbranched alkanes of at least 4 members (excludes halogenated alkanes) is 1. The van der Waals surface area contributed by atoms with Gasteiger partial charge in [-0.3, -0.25) is 0 Å². The van der Waals surface area contributed by atoms with Crippen molar-refractivity contribution in [2.75, 3.05) is 5.33 Å². The predicted octanol–water partition coefficient (Wildman–Crippen LogP) is 3.16. The Labute approximate surface area is 119 Å². The van der Waals surface area contributed by atoms with Crippen LogP contribution >= 0.6 is 15.9 Å². The molecule has 0 amide bonds. The first kappa shape index (κ1) is 12.5. The Balaban J connectivity index is 1.80. The molecule has 0 bridgehead atoms. The molecule has 100 valence electrons. The second-order valence-electron chi connectivity index (χ2n) is 4.42. The van der Waals surface area contributed by atoms with Crippen LogP contribution < -0.4 is 9.47 Å². The summed E-state index contributed by atoms with van der Waals surface area (Å²) < 4.78 is 16.6. The van der Waals surface area contributed by atoms with Gasteiger partial charge in [-0.1, -0.05) is 28.1 Å². The van der Waals surface area contributed by atoms with E-state index in [2.05, 4.69) is 15.9 Å². The first-order valence-corrected chi connectivity index (χ1v) is 7.37. The van der Waals surface area contributed by atoms with E-state index in [-0.39, 0.29) is 11.9 Å². The maximum absolute atomic E-state index is 11.8. The van der Waals surface area contributed by atoms with Crippen molar-refractivity contribution in [3.63, 3.8) is 0 Å². The molecule has 3 rings (SSSR count). The van der Waals surface area contributed by atoms with E-state index in [0.717, 1.165) is 24.6 Å². The Kier molecular flexibility index (Phi) is 3.46. The number of ether oxygens (including phenoxy) is 3. The summed E-state index contributed by atoms with van der Waals surface area (Å²) in [5.41, 5.74) is 0. The summed E-state index contributed by atoms with van der Waals surface area (Å²) in [6.45, 7) is 0. The Bertz CT molecular complexity index is 538. The van der Waals surface area contributed by atoms with E-state index in [1.54, 1.807) is 6.07 Å². The minimum absolute atomic E-state index is 0.197. The van der Waals surface area contributed by atoms with Crippen LogP contribution in [0.3, 0.4) is 0 Å². The van der Waals surface area contributed by atoms with Crippen molar-refractivity contribution < 1.29 is 19.0 Å². The Hall–Kier alpha value is -1.49. The maximum Gasteiger partial charge on any atom is 0.378 e. The summed E-state index contributed by atoms with van der Waals surface area (Å²) in [6.07, 6.45) is 2.43. The smallest absolute Gasteiger partial charge is 0.378 e. The first-order chi connectivity index (χ1) is 9.29. The zero-order valence-electron chi connectivity index (χ0n) is 10.2. The van der Waals surface area contributed by atoms with E-state index in [0.29, 0.717) is 17.3 Å². The highest BCUT2D eigenvalue weighted by Crippen LogP contribution is 2.40. The second kappa shape index (κ2) is 5.25. The standard InChI is InChI=1S/C14H13BrO4/c15-8-4-3-7-11-12-13(14(16)19-11)18-10-6-2-1-5-9(10)17-12/h1-2,5-6,11H,3-4,7-8H2. The minimum atomic E-state index is -0.437. The number of benzene rings is 1. The molecule has 0 radical (unpaired) electrons. The molecule has 0 N–H and O–H groups in total. The molecule has 2 aliphatic heterocycles. The number of halogens is 1. The van der Waals surface area contributed by atoms with E-state index in [4.69, 9.17) is 14.2 Å². The third-order valence-corrected chi connectivity index (χ3v) is 3.64. The number of para-hydroxylation sites is 2. The molecule has 0 fully saturated rings. The molecule has 2 aliphatic rings. The third-order valence-electron chi connectivity index (χ3n) is 3.08. The minimum Gasteiger partial charge on any atom is -0.450 e. The molecule has 1 atom stereocenters. The average Bonchev–Trinajstić information content (AvgIpc) is 2.73. The Morgan fingerprint density at radius 3 is 2.58 bits per heavy atom. The summed E-state index contributed by atoms with van der Waals surface area (Å²) in [5, 5.41) is 0.944. The highest BCUT2D eigenvalue weighted by molar-refractivity contribution is 9.09. The second-order valence-corrected chi connectivity index (χ2v) is 5.22. The maximum atomic E-state index is 11.8. The van der Waals surface area contributed by atoms with Crippen molar-refractivity contribution >= 4 is 21.9 Å². The molecule has 1 aromatic carbocycles. The lowest BCUT2D eigenvalue weighted by atomic mass is 10.1. The molecule has 0 aliphatic carbocycles. The lowest BCUT2D eigenvalue weighted by Gasteiger charge is -2.19. The zero-order valence-corrected chi connectivity index (χ0v) is 11.8. The van der Waals surface area contributed by atoms with Crippen molar-refractivity contribution in [2.24, 2.45) is 0 Å². The van der Waals surface area contributed by atoms with Gasteiger partial charge in [-0.2, -0.15) is 0 Å². The number of fused-ring (bicyclic) bond motifs is 1. The van der Waals surface area contributed by atoms with E-state index >= 15 is 0 Å². The normalized spacial score (nSPS) is 20.3. The number of hydrogen-bond donors (Lipinski definition) is 0. The lowest BCUT2D eigenvalue weighted by Crippen LogP contribution is -2.17.